The molecular weight excluding hydrogens is 212 g/mol. The number of aromatic amines is 1. The fourth-order valence-corrected chi connectivity index (χ4v) is 1.93. The molecule has 0 bridgehead atoms. The lowest BCUT2D eigenvalue weighted by Gasteiger charge is -2.00. The van der Waals surface area contributed by atoms with Gasteiger partial charge in [0.05, 0.1) is 5.69 Å². The maximum Gasteiger partial charge on any atom is 0.166 e. The zero-order chi connectivity index (χ0) is 11.7. The average molecular weight is 222 g/mol. The number of nitrogens with one attached hydrogen (secondary N) is 1. The Morgan fingerprint density at radius 1 is 1.12 bits per heavy atom. The molecule has 0 radical (unpaired) electrons. The van der Waals surface area contributed by atoms with Crippen molar-refractivity contribution in [1.29, 1.82) is 0 Å². The molecule has 3 aromatic rings. The largest absolute Gasteiger partial charge is 0.352 e. The molecule has 0 aliphatic rings. The highest BCUT2D eigenvalue weighted by atomic mass is 16.1. The molecule has 1 aromatic carbocycles. The number of hydrogen-bond donors (Lipinski definition) is 1. The Hall–Kier alpha value is -2.42. The summed E-state index contributed by atoms with van der Waals surface area (Å²) in [5, 5.41) is 1.04. The normalized spacial score (nSPS) is 10.6. The molecule has 0 saturated carbocycles. The molecule has 0 unspecified atom stereocenters. The lowest BCUT2D eigenvalue weighted by Crippen LogP contribution is -1.79. The molecule has 0 atom stereocenters. The Bertz CT molecular complexity index is 671. The van der Waals surface area contributed by atoms with Gasteiger partial charge >= 0.3 is 0 Å². The van der Waals surface area contributed by atoms with E-state index in [2.05, 4.69) is 9.97 Å². The number of pyridine rings is 1. The van der Waals surface area contributed by atoms with E-state index in [9.17, 15) is 4.79 Å². The van der Waals surface area contributed by atoms with Crippen LogP contribution >= 0.6 is 0 Å². The van der Waals surface area contributed by atoms with Crippen LogP contribution in [0.5, 0.6) is 0 Å². The Balaban J connectivity index is 2.16. The van der Waals surface area contributed by atoms with Crippen molar-refractivity contribution in [3.63, 3.8) is 0 Å². The number of carbonyl (C=O) groups is 1. The van der Waals surface area contributed by atoms with Crippen molar-refractivity contribution in [2.75, 3.05) is 0 Å². The standard InChI is InChI=1S/C14H10N2O/c17-9-13-6-11-4-3-10(7-14(11)16-13)12-2-1-5-15-8-12/h1-9,16H. The van der Waals surface area contributed by atoms with Gasteiger partial charge in [0.15, 0.2) is 6.29 Å². The van der Waals surface area contributed by atoms with Gasteiger partial charge in [0, 0.05) is 28.9 Å². The molecule has 17 heavy (non-hydrogen) atoms. The van der Waals surface area contributed by atoms with Gasteiger partial charge in [-0.2, -0.15) is 0 Å². The van der Waals surface area contributed by atoms with Crippen LogP contribution in [0.3, 0.4) is 0 Å². The zero-order valence-corrected chi connectivity index (χ0v) is 9.05. The second-order valence-electron chi connectivity index (χ2n) is 3.89. The van der Waals surface area contributed by atoms with Crippen LogP contribution in [-0.4, -0.2) is 16.3 Å². The fraction of sp³-hybridized carbons (Fsp3) is 0. The summed E-state index contributed by atoms with van der Waals surface area (Å²) < 4.78 is 0. The number of hydrogen-bond acceptors (Lipinski definition) is 2. The van der Waals surface area contributed by atoms with E-state index in [0.717, 1.165) is 28.3 Å². The van der Waals surface area contributed by atoms with Gasteiger partial charge in [-0.15, -0.1) is 0 Å². The molecule has 0 amide bonds. The number of H-pyrrole nitrogens is 1. The number of aldehydes is 1. The maximum atomic E-state index is 10.7. The summed E-state index contributed by atoms with van der Waals surface area (Å²) in [6.45, 7) is 0. The number of benzene rings is 1. The Morgan fingerprint density at radius 2 is 2.06 bits per heavy atom. The maximum absolute atomic E-state index is 10.7. The van der Waals surface area contributed by atoms with E-state index >= 15 is 0 Å². The quantitative estimate of drug-likeness (QED) is 0.677. The van der Waals surface area contributed by atoms with Crippen LogP contribution in [0.2, 0.25) is 0 Å². The van der Waals surface area contributed by atoms with Crippen LogP contribution < -0.4 is 0 Å². The third-order valence-corrected chi connectivity index (χ3v) is 2.77. The highest BCUT2D eigenvalue weighted by Crippen LogP contribution is 2.23. The number of fused-ring (bicyclic) bond motifs is 1. The molecule has 0 aliphatic carbocycles. The van der Waals surface area contributed by atoms with Crippen LogP contribution in [0.4, 0.5) is 0 Å². The molecule has 2 heterocycles. The van der Waals surface area contributed by atoms with Gasteiger partial charge in [-0.3, -0.25) is 9.78 Å². The summed E-state index contributed by atoms with van der Waals surface area (Å²) in [5.41, 5.74) is 3.72. The monoisotopic (exact) mass is 222 g/mol. The minimum absolute atomic E-state index is 0.600. The smallest absolute Gasteiger partial charge is 0.166 e. The van der Waals surface area contributed by atoms with Crippen LogP contribution in [0.1, 0.15) is 10.5 Å². The van der Waals surface area contributed by atoms with Crippen LogP contribution in [-0.2, 0) is 0 Å². The van der Waals surface area contributed by atoms with E-state index in [-0.39, 0.29) is 0 Å². The molecule has 3 heteroatoms. The predicted octanol–water partition coefficient (Wildman–Crippen LogP) is 3.04. The second kappa shape index (κ2) is 3.87. The first-order valence-corrected chi connectivity index (χ1v) is 5.35. The van der Waals surface area contributed by atoms with Crippen LogP contribution in [0.15, 0.2) is 48.8 Å². The number of carbonyl (C=O) groups excluding carboxylic acids is 1. The van der Waals surface area contributed by atoms with Crippen molar-refractivity contribution in [2.45, 2.75) is 0 Å². The van der Waals surface area contributed by atoms with Gasteiger partial charge < -0.3 is 4.98 Å². The Morgan fingerprint density at radius 3 is 2.82 bits per heavy atom. The third kappa shape index (κ3) is 1.72. The van der Waals surface area contributed by atoms with E-state index in [1.807, 2.05) is 42.6 Å². The average Bonchev–Trinajstić information content (AvgIpc) is 2.81. The molecule has 0 aliphatic heterocycles. The van der Waals surface area contributed by atoms with Gasteiger partial charge in [-0.05, 0) is 23.8 Å². The van der Waals surface area contributed by atoms with Gasteiger partial charge in [0.2, 0.25) is 0 Å². The van der Waals surface area contributed by atoms with Crippen molar-refractivity contribution < 1.29 is 4.79 Å². The van der Waals surface area contributed by atoms with Crippen molar-refractivity contribution in [2.24, 2.45) is 0 Å². The molecule has 0 spiro atoms. The Kier molecular flexibility index (Phi) is 2.22. The van der Waals surface area contributed by atoms with E-state index in [1.165, 1.54) is 0 Å². The van der Waals surface area contributed by atoms with E-state index in [4.69, 9.17) is 0 Å². The van der Waals surface area contributed by atoms with Crippen molar-refractivity contribution in [3.05, 3.63) is 54.5 Å². The summed E-state index contributed by atoms with van der Waals surface area (Å²) in [7, 11) is 0. The molecule has 3 nitrogen and oxygen atoms in total. The Labute approximate surface area is 98.1 Å². The minimum Gasteiger partial charge on any atom is -0.352 e. The first-order chi connectivity index (χ1) is 8.36. The van der Waals surface area contributed by atoms with Gasteiger partial charge in [0.25, 0.3) is 0 Å². The number of nitrogens with zero attached hydrogens (tertiary/aromatic N) is 1. The zero-order valence-electron chi connectivity index (χ0n) is 9.05. The first kappa shape index (κ1) is 9.78. The highest BCUT2D eigenvalue weighted by Gasteiger charge is 2.02. The summed E-state index contributed by atoms with van der Waals surface area (Å²) in [6.07, 6.45) is 4.40. The van der Waals surface area contributed by atoms with E-state index in [1.54, 1.807) is 6.20 Å². The molecule has 0 saturated heterocycles. The summed E-state index contributed by atoms with van der Waals surface area (Å²) >= 11 is 0. The predicted molar refractivity (Wildman–Crippen MR) is 66.9 cm³/mol. The first-order valence-electron chi connectivity index (χ1n) is 5.35. The highest BCUT2D eigenvalue weighted by molar-refractivity contribution is 5.90. The molecule has 2 aromatic heterocycles. The molecule has 3 rings (SSSR count). The van der Waals surface area contributed by atoms with Crippen LogP contribution in [0.25, 0.3) is 22.0 Å². The van der Waals surface area contributed by atoms with Gasteiger partial charge in [-0.1, -0.05) is 18.2 Å². The lowest BCUT2D eigenvalue weighted by atomic mass is 10.1. The fourth-order valence-electron chi connectivity index (χ4n) is 1.93. The van der Waals surface area contributed by atoms with Crippen molar-refractivity contribution in [1.82, 2.24) is 9.97 Å². The van der Waals surface area contributed by atoms with Crippen LogP contribution in [0, 0.1) is 0 Å². The van der Waals surface area contributed by atoms with E-state index < -0.39 is 0 Å². The third-order valence-electron chi connectivity index (χ3n) is 2.77. The summed E-state index contributed by atoms with van der Waals surface area (Å²) in [5.74, 6) is 0. The molecule has 0 fully saturated rings. The molecule has 1 N–H and O–H groups in total. The SMILES string of the molecule is O=Cc1cc2ccc(-c3cccnc3)cc2[nH]1. The lowest BCUT2D eigenvalue weighted by molar-refractivity contribution is 0.112. The van der Waals surface area contributed by atoms with Gasteiger partial charge in [-0.25, -0.2) is 0 Å². The molecular formula is C14H10N2O. The summed E-state index contributed by atoms with van der Waals surface area (Å²) in [4.78, 5) is 17.9. The number of rotatable bonds is 2. The topological polar surface area (TPSA) is 45.8 Å². The second-order valence-corrected chi connectivity index (χ2v) is 3.89. The molecule has 82 valence electrons. The van der Waals surface area contributed by atoms with Crippen molar-refractivity contribution >= 4 is 17.2 Å². The summed E-state index contributed by atoms with van der Waals surface area (Å²) in [6, 6.07) is 11.8. The van der Waals surface area contributed by atoms with E-state index in [0.29, 0.717) is 5.69 Å². The van der Waals surface area contributed by atoms with Crippen molar-refractivity contribution in [3.8, 4) is 11.1 Å². The number of aromatic nitrogens is 2. The minimum atomic E-state index is 0.600. The van der Waals surface area contributed by atoms with Gasteiger partial charge in [0.1, 0.15) is 0 Å².